The van der Waals surface area contributed by atoms with Crippen LogP contribution in [0.5, 0.6) is 0 Å². The van der Waals surface area contributed by atoms with E-state index in [-0.39, 0.29) is 0 Å². The third kappa shape index (κ3) is 1.10. The second kappa shape index (κ2) is 2.43. The molecule has 1 aromatic heterocycles. The summed E-state index contributed by atoms with van der Waals surface area (Å²) >= 11 is 11.6. The molecule has 11 heavy (non-hydrogen) atoms. The van der Waals surface area contributed by atoms with Crippen LogP contribution in [0.15, 0.2) is 28.9 Å². The van der Waals surface area contributed by atoms with Crippen molar-refractivity contribution in [1.29, 1.82) is 0 Å². The van der Waals surface area contributed by atoms with Crippen LogP contribution >= 0.6 is 23.2 Å². The van der Waals surface area contributed by atoms with E-state index in [0.717, 1.165) is 11.0 Å². The number of halogens is 2. The van der Waals surface area contributed by atoms with E-state index in [0.29, 0.717) is 10.0 Å². The Hall–Kier alpha value is -0.660. The molecule has 1 heterocycles. The highest BCUT2D eigenvalue weighted by atomic mass is 35.5. The standard InChI is InChI=1S/C8H4Cl2O/c9-5-3-7(10)6-1-2-11-8(6)4-5/h1-4H. The molecule has 0 amide bonds. The van der Waals surface area contributed by atoms with E-state index in [1.807, 2.05) is 6.07 Å². The number of hydrogen-bond acceptors (Lipinski definition) is 1. The molecule has 0 saturated carbocycles. The fraction of sp³-hybridized carbons (Fsp3) is 0. The van der Waals surface area contributed by atoms with Gasteiger partial charge in [0.1, 0.15) is 5.58 Å². The maximum Gasteiger partial charge on any atom is 0.136 e. The molecule has 1 aromatic carbocycles. The minimum atomic E-state index is 0.595. The first kappa shape index (κ1) is 7.01. The molecule has 0 atom stereocenters. The van der Waals surface area contributed by atoms with Crippen molar-refractivity contribution in [3.05, 3.63) is 34.5 Å². The normalized spacial score (nSPS) is 10.7. The number of furan rings is 1. The Morgan fingerprint density at radius 1 is 1.18 bits per heavy atom. The van der Waals surface area contributed by atoms with Gasteiger partial charge in [-0.05, 0) is 12.1 Å². The number of benzene rings is 1. The zero-order valence-electron chi connectivity index (χ0n) is 5.47. The van der Waals surface area contributed by atoms with Gasteiger partial charge in [-0.1, -0.05) is 23.2 Å². The van der Waals surface area contributed by atoms with Crippen molar-refractivity contribution >= 4 is 34.2 Å². The molecular weight excluding hydrogens is 183 g/mol. The van der Waals surface area contributed by atoms with Gasteiger partial charge in [0.15, 0.2) is 0 Å². The third-order valence-electron chi connectivity index (χ3n) is 1.49. The highest BCUT2D eigenvalue weighted by molar-refractivity contribution is 6.38. The van der Waals surface area contributed by atoms with Crippen LogP contribution in [0.3, 0.4) is 0 Å². The predicted molar refractivity (Wildman–Crippen MR) is 46.2 cm³/mol. The first-order valence-electron chi connectivity index (χ1n) is 3.09. The van der Waals surface area contributed by atoms with Gasteiger partial charge in [0.25, 0.3) is 0 Å². The van der Waals surface area contributed by atoms with Gasteiger partial charge in [-0.15, -0.1) is 0 Å². The van der Waals surface area contributed by atoms with Gasteiger partial charge in [0, 0.05) is 16.5 Å². The van der Waals surface area contributed by atoms with Crippen molar-refractivity contribution in [2.24, 2.45) is 0 Å². The fourth-order valence-electron chi connectivity index (χ4n) is 0.996. The number of fused-ring (bicyclic) bond motifs is 1. The van der Waals surface area contributed by atoms with Gasteiger partial charge in [-0.3, -0.25) is 0 Å². The van der Waals surface area contributed by atoms with Crippen molar-refractivity contribution < 1.29 is 4.42 Å². The smallest absolute Gasteiger partial charge is 0.136 e. The number of hydrogen-bond donors (Lipinski definition) is 0. The lowest BCUT2D eigenvalue weighted by Crippen LogP contribution is -1.67. The van der Waals surface area contributed by atoms with Crippen molar-refractivity contribution in [3.63, 3.8) is 0 Å². The largest absolute Gasteiger partial charge is 0.464 e. The minimum Gasteiger partial charge on any atom is -0.464 e. The van der Waals surface area contributed by atoms with Gasteiger partial charge in [-0.25, -0.2) is 0 Å². The molecule has 0 aliphatic rings. The maximum absolute atomic E-state index is 5.86. The molecule has 0 saturated heterocycles. The molecule has 0 unspecified atom stereocenters. The summed E-state index contributed by atoms with van der Waals surface area (Å²) in [6, 6.07) is 5.25. The summed E-state index contributed by atoms with van der Waals surface area (Å²) in [5.74, 6) is 0. The Morgan fingerprint density at radius 3 is 2.82 bits per heavy atom. The molecular formula is C8H4Cl2O. The summed E-state index contributed by atoms with van der Waals surface area (Å²) in [4.78, 5) is 0. The van der Waals surface area contributed by atoms with E-state index in [2.05, 4.69) is 0 Å². The minimum absolute atomic E-state index is 0.595. The molecule has 56 valence electrons. The summed E-state index contributed by atoms with van der Waals surface area (Å²) in [5, 5.41) is 2.12. The van der Waals surface area contributed by atoms with Gasteiger partial charge < -0.3 is 4.42 Å². The van der Waals surface area contributed by atoms with Crippen LogP contribution < -0.4 is 0 Å². The fourth-order valence-corrected chi connectivity index (χ4v) is 1.53. The van der Waals surface area contributed by atoms with Gasteiger partial charge >= 0.3 is 0 Å². The van der Waals surface area contributed by atoms with Crippen molar-refractivity contribution in [2.75, 3.05) is 0 Å². The Labute approximate surface area is 73.5 Å². The highest BCUT2D eigenvalue weighted by Gasteiger charge is 2.02. The molecule has 0 aliphatic carbocycles. The summed E-state index contributed by atoms with van der Waals surface area (Å²) in [6.07, 6.45) is 1.59. The van der Waals surface area contributed by atoms with E-state index >= 15 is 0 Å². The Kier molecular flexibility index (Phi) is 1.55. The molecule has 0 bridgehead atoms. The van der Waals surface area contributed by atoms with Gasteiger partial charge in [0.2, 0.25) is 0 Å². The lowest BCUT2D eigenvalue weighted by molar-refractivity contribution is 0.616. The summed E-state index contributed by atoms with van der Waals surface area (Å²) in [5.41, 5.74) is 0.725. The molecule has 0 radical (unpaired) electrons. The van der Waals surface area contributed by atoms with E-state index in [1.54, 1.807) is 18.4 Å². The second-order valence-electron chi connectivity index (χ2n) is 2.22. The summed E-state index contributed by atoms with van der Waals surface area (Å²) in [7, 11) is 0. The molecule has 0 spiro atoms. The Balaban J connectivity index is 2.91. The van der Waals surface area contributed by atoms with Crippen LogP contribution in [-0.4, -0.2) is 0 Å². The van der Waals surface area contributed by atoms with E-state index in [1.165, 1.54) is 0 Å². The number of rotatable bonds is 0. The van der Waals surface area contributed by atoms with Crippen LogP contribution in [0.2, 0.25) is 10.0 Å². The Morgan fingerprint density at radius 2 is 2.00 bits per heavy atom. The lowest BCUT2D eigenvalue weighted by Gasteiger charge is -1.92. The molecule has 1 nitrogen and oxygen atoms in total. The average Bonchev–Trinajstić information content (AvgIpc) is 2.34. The quantitative estimate of drug-likeness (QED) is 0.612. The molecule has 0 fully saturated rings. The SMILES string of the molecule is Clc1cc(Cl)c2ccoc2c1. The topological polar surface area (TPSA) is 13.1 Å². The molecule has 2 rings (SSSR count). The van der Waals surface area contributed by atoms with Crippen LogP contribution in [0.4, 0.5) is 0 Å². The summed E-state index contributed by atoms with van der Waals surface area (Å²) in [6.45, 7) is 0. The van der Waals surface area contributed by atoms with Gasteiger partial charge in [0.05, 0.1) is 11.3 Å². The predicted octanol–water partition coefficient (Wildman–Crippen LogP) is 3.74. The first-order chi connectivity index (χ1) is 5.27. The highest BCUT2D eigenvalue weighted by Crippen LogP contribution is 2.28. The van der Waals surface area contributed by atoms with Gasteiger partial charge in [-0.2, -0.15) is 0 Å². The van der Waals surface area contributed by atoms with Crippen LogP contribution in [-0.2, 0) is 0 Å². The second-order valence-corrected chi connectivity index (χ2v) is 3.06. The molecule has 0 aliphatic heterocycles. The van der Waals surface area contributed by atoms with E-state index in [9.17, 15) is 0 Å². The van der Waals surface area contributed by atoms with Crippen LogP contribution in [0.1, 0.15) is 0 Å². The van der Waals surface area contributed by atoms with Crippen molar-refractivity contribution in [1.82, 2.24) is 0 Å². The zero-order valence-corrected chi connectivity index (χ0v) is 6.99. The monoisotopic (exact) mass is 186 g/mol. The molecule has 2 aromatic rings. The third-order valence-corrected chi connectivity index (χ3v) is 2.02. The Bertz CT molecular complexity index is 392. The first-order valence-corrected chi connectivity index (χ1v) is 3.85. The maximum atomic E-state index is 5.86. The zero-order chi connectivity index (χ0) is 7.84. The van der Waals surface area contributed by atoms with E-state index in [4.69, 9.17) is 27.6 Å². The van der Waals surface area contributed by atoms with Crippen LogP contribution in [0.25, 0.3) is 11.0 Å². The van der Waals surface area contributed by atoms with Crippen molar-refractivity contribution in [2.45, 2.75) is 0 Å². The van der Waals surface area contributed by atoms with E-state index < -0.39 is 0 Å². The lowest BCUT2D eigenvalue weighted by atomic mass is 10.2. The average molecular weight is 187 g/mol. The van der Waals surface area contributed by atoms with Crippen LogP contribution in [0, 0.1) is 0 Å². The molecule has 0 N–H and O–H groups in total. The van der Waals surface area contributed by atoms with Crippen molar-refractivity contribution in [3.8, 4) is 0 Å². The summed E-state index contributed by atoms with van der Waals surface area (Å²) < 4.78 is 5.11. The molecule has 3 heteroatoms.